The van der Waals surface area contributed by atoms with Gasteiger partial charge >= 0.3 is 0 Å². The van der Waals surface area contributed by atoms with Crippen molar-refractivity contribution in [2.45, 2.75) is 25.8 Å². The van der Waals surface area contributed by atoms with E-state index < -0.39 is 0 Å². The quantitative estimate of drug-likeness (QED) is 0.760. The number of nitrogens with one attached hydrogen (secondary N) is 1. The van der Waals surface area contributed by atoms with E-state index in [0.717, 1.165) is 36.2 Å². The highest BCUT2D eigenvalue weighted by atomic mass is 79.9. The average molecular weight is 301 g/mol. The van der Waals surface area contributed by atoms with Gasteiger partial charge in [-0.05, 0) is 66.5 Å². The van der Waals surface area contributed by atoms with Crippen LogP contribution in [0.5, 0.6) is 5.75 Å². The van der Waals surface area contributed by atoms with Gasteiger partial charge in [-0.15, -0.1) is 0 Å². The Bertz CT molecular complexity index is 342. The minimum atomic E-state index is 0.276. The molecule has 1 aromatic rings. The normalized spacial score (nSPS) is 12.5. The first-order valence-electron chi connectivity index (χ1n) is 5.92. The molecule has 0 saturated heterocycles. The van der Waals surface area contributed by atoms with Crippen LogP contribution in [0.1, 0.15) is 18.9 Å². The molecule has 0 fully saturated rings. The number of hydrogen-bond donors (Lipinski definition) is 2. The molecule has 1 atom stereocenters. The summed E-state index contributed by atoms with van der Waals surface area (Å²) >= 11 is 3.49. The monoisotopic (exact) mass is 300 g/mol. The van der Waals surface area contributed by atoms with Crippen molar-refractivity contribution in [3.05, 3.63) is 28.2 Å². The molecule has 0 aliphatic rings. The number of halogens is 1. The molecule has 96 valence electrons. The molecule has 0 aromatic heterocycles. The molecule has 0 amide bonds. The zero-order chi connectivity index (χ0) is 12.7. The summed E-state index contributed by atoms with van der Waals surface area (Å²) < 4.78 is 6.20. The summed E-state index contributed by atoms with van der Waals surface area (Å²) in [6, 6.07) is 6.46. The maximum absolute atomic E-state index is 5.68. The van der Waals surface area contributed by atoms with Crippen LogP contribution in [0.25, 0.3) is 0 Å². The summed E-state index contributed by atoms with van der Waals surface area (Å²) in [7, 11) is 1.68. The molecular formula is C13H21BrN2O. The van der Waals surface area contributed by atoms with E-state index in [9.17, 15) is 0 Å². The summed E-state index contributed by atoms with van der Waals surface area (Å²) in [5.41, 5.74) is 6.97. The van der Waals surface area contributed by atoms with E-state index in [1.807, 2.05) is 13.0 Å². The van der Waals surface area contributed by atoms with Gasteiger partial charge in [-0.2, -0.15) is 0 Å². The maximum atomic E-state index is 5.68. The molecule has 0 aliphatic carbocycles. The van der Waals surface area contributed by atoms with E-state index in [4.69, 9.17) is 10.5 Å². The molecule has 0 heterocycles. The van der Waals surface area contributed by atoms with Crippen LogP contribution in [0.4, 0.5) is 0 Å². The van der Waals surface area contributed by atoms with E-state index in [-0.39, 0.29) is 6.04 Å². The number of benzene rings is 1. The van der Waals surface area contributed by atoms with Gasteiger partial charge < -0.3 is 15.8 Å². The predicted octanol–water partition coefficient (Wildman–Crippen LogP) is 2.33. The van der Waals surface area contributed by atoms with Crippen LogP contribution in [-0.2, 0) is 6.42 Å². The number of hydrogen-bond acceptors (Lipinski definition) is 3. The number of ether oxygens (including phenoxy) is 1. The fourth-order valence-electron chi connectivity index (χ4n) is 1.55. The van der Waals surface area contributed by atoms with Crippen molar-refractivity contribution in [3.8, 4) is 5.75 Å². The van der Waals surface area contributed by atoms with Crippen LogP contribution in [0.3, 0.4) is 0 Å². The number of nitrogens with two attached hydrogens (primary N) is 1. The second kappa shape index (κ2) is 7.69. The van der Waals surface area contributed by atoms with Gasteiger partial charge in [0.15, 0.2) is 0 Å². The summed E-state index contributed by atoms with van der Waals surface area (Å²) in [6.07, 6.45) is 2.04. The molecule has 17 heavy (non-hydrogen) atoms. The van der Waals surface area contributed by atoms with Crippen LogP contribution >= 0.6 is 15.9 Å². The van der Waals surface area contributed by atoms with Gasteiger partial charge in [0.2, 0.25) is 0 Å². The van der Waals surface area contributed by atoms with Gasteiger partial charge in [-0.3, -0.25) is 0 Å². The Morgan fingerprint density at radius 1 is 1.41 bits per heavy atom. The first kappa shape index (κ1) is 14.5. The van der Waals surface area contributed by atoms with Crippen molar-refractivity contribution in [1.29, 1.82) is 0 Å². The highest BCUT2D eigenvalue weighted by molar-refractivity contribution is 9.10. The molecule has 0 aliphatic heterocycles. The molecular weight excluding hydrogens is 280 g/mol. The van der Waals surface area contributed by atoms with Gasteiger partial charge in [0, 0.05) is 6.04 Å². The van der Waals surface area contributed by atoms with Crippen LogP contribution in [-0.4, -0.2) is 26.2 Å². The van der Waals surface area contributed by atoms with Gasteiger partial charge in [0.1, 0.15) is 5.75 Å². The molecule has 0 saturated carbocycles. The molecule has 1 unspecified atom stereocenters. The van der Waals surface area contributed by atoms with Crippen molar-refractivity contribution in [2.75, 3.05) is 20.2 Å². The highest BCUT2D eigenvalue weighted by Gasteiger charge is 2.01. The Labute approximate surface area is 112 Å². The van der Waals surface area contributed by atoms with Crippen molar-refractivity contribution in [1.82, 2.24) is 5.32 Å². The van der Waals surface area contributed by atoms with E-state index >= 15 is 0 Å². The minimum absolute atomic E-state index is 0.276. The van der Waals surface area contributed by atoms with E-state index in [0.29, 0.717) is 0 Å². The number of rotatable bonds is 7. The largest absolute Gasteiger partial charge is 0.496 e. The Kier molecular flexibility index (Phi) is 6.55. The van der Waals surface area contributed by atoms with E-state index in [2.05, 4.69) is 33.4 Å². The van der Waals surface area contributed by atoms with Gasteiger partial charge in [-0.25, -0.2) is 0 Å². The third kappa shape index (κ3) is 5.52. The summed E-state index contributed by atoms with van der Waals surface area (Å²) in [5.74, 6) is 0.874. The Balaban J connectivity index is 2.30. The maximum Gasteiger partial charge on any atom is 0.133 e. The fourth-order valence-corrected chi connectivity index (χ4v) is 2.14. The van der Waals surface area contributed by atoms with Crippen LogP contribution in [0, 0.1) is 0 Å². The molecule has 3 nitrogen and oxygen atoms in total. The minimum Gasteiger partial charge on any atom is -0.496 e. The zero-order valence-electron chi connectivity index (χ0n) is 10.5. The topological polar surface area (TPSA) is 47.3 Å². The van der Waals surface area contributed by atoms with Crippen molar-refractivity contribution in [2.24, 2.45) is 5.73 Å². The van der Waals surface area contributed by atoms with Crippen molar-refractivity contribution >= 4 is 15.9 Å². The molecule has 0 bridgehead atoms. The SMILES string of the molecule is COc1ccc(CCNCCC(C)N)cc1Br. The van der Waals surface area contributed by atoms with Crippen LogP contribution < -0.4 is 15.8 Å². The third-order valence-electron chi connectivity index (χ3n) is 2.58. The molecule has 0 spiro atoms. The predicted molar refractivity (Wildman–Crippen MR) is 75.5 cm³/mol. The van der Waals surface area contributed by atoms with Gasteiger partial charge in [0.25, 0.3) is 0 Å². The standard InChI is InChI=1S/C13H21BrN2O/c1-10(15)5-7-16-8-6-11-3-4-13(17-2)12(14)9-11/h3-4,9-10,16H,5-8,15H2,1-2H3. The van der Waals surface area contributed by atoms with Crippen molar-refractivity contribution in [3.63, 3.8) is 0 Å². The summed E-state index contributed by atoms with van der Waals surface area (Å²) in [5, 5.41) is 3.39. The lowest BCUT2D eigenvalue weighted by Gasteiger charge is -2.08. The van der Waals surface area contributed by atoms with Gasteiger partial charge in [0.05, 0.1) is 11.6 Å². The van der Waals surface area contributed by atoms with Crippen molar-refractivity contribution < 1.29 is 4.74 Å². The molecule has 1 aromatic carbocycles. The Morgan fingerprint density at radius 2 is 2.18 bits per heavy atom. The summed E-state index contributed by atoms with van der Waals surface area (Å²) in [4.78, 5) is 0. The highest BCUT2D eigenvalue weighted by Crippen LogP contribution is 2.25. The lowest BCUT2D eigenvalue weighted by atomic mass is 10.1. The molecule has 1 rings (SSSR count). The lowest BCUT2D eigenvalue weighted by molar-refractivity contribution is 0.412. The smallest absolute Gasteiger partial charge is 0.133 e. The molecule has 4 heteroatoms. The van der Waals surface area contributed by atoms with E-state index in [1.54, 1.807) is 7.11 Å². The first-order chi connectivity index (χ1) is 8.13. The zero-order valence-corrected chi connectivity index (χ0v) is 12.1. The Hall–Kier alpha value is -0.580. The molecule has 3 N–H and O–H groups in total. The second-order valence-electron chi connectivity index (χ2n) is 4.23. The molecule has 0 radical (unpaired) electrons. The van der Waals surface area contributed by atoms with E-state index in [1.165, 1.54) is 5.56 Å². The van der Waals surface area contributed by atoms with Crippen LogP contribution in [0.15, 0.2) is 22.7 Å². The summed E-state index contributed by atoms with van der Waals surface area (Å²) in [6.45, 7) is 3.99. The second-order valence-corrected chi connectivity index (χ2v) is 5.09. The Morgan fingerprint density at radius 3 is 2.76 bits per heavy atom. The fraction of sp³-hybridized carbons (Fsp3) is 0.538. The van der Waals surface area contributed by atoms with Crippen LogP contribution in [0.2, 0.25) is 0 Å². The van der Waals surface area contributed by atoms with Gasteiger partial charge in [-0.1, -0.05) is 6.07 Å². The average Bonchev–Trinajstić information content (AvgIpc) is 2.28. The first-order valence-corrected chi connectivity index (χ1v) is 6.71. The third-order valence-corrected chi connectivity index (χ3v) is 3.20. The lowest BCUT2D eigenvalue weighted by Crippen LogP contribution is -2.25. The number of methoxy groups -OCH3 is 1.